The Labute approximate surface area is 137 Å². The normalized spacial score (nSPS) is 14.5. The highest BCUT2D eigenvalue weighted by atomic mass is 16.5. The van der Waals surface area contributed by atoms with Crippen LogP contribution in [0.1, 0.15) is 48.5 Å². The Bertz CT molecular complexity index is 551. The highest BCUT2D eigenvalue weighted by Crippen LogP contribution is 2.24. The van der Waals surface area contributed by atoms with Crippen LogP contribution in [0.3, 0.4) is 0 Å². The zero-order valence-corrected chi connectivity index (χ0v) is 14.0. The number of rotatable bonds is 7. The maximum atomic E-state index is 12.1. The minimum atomic E-state index is -0.152. The molecule has 1 aromatic rings. The van der Waals surface area contributed by atoms with Gasteiger partial charge in [0.05, 0.1) is 6.61 Å². The van der Waals surface area contributed by atoms with Crippen LogP contribution in [-0.2, 0) is 4.79 Å². The topological polar surface area (TPSA) is 67.4 Å². The van der Waals surface area contributed by atoms with Gasteiger partial charge in [-0.15, -0.1) is 0 Å². The van der Waals surface area contributed by atoms with Crippen LogP contribution in [0.2, 0.25) is 0 Å². The van der Waals surface area contributed by atoms with Crippen molar-refractivity contribution in [2.75, 3.05) is 19.7 Å². The van der Waals surface area contributed by atoms with Gasteiger partial charge < -0.3 is 15.4 Å². The summed E-state index contributed by atoms with van der Waals surface area (Å²) in [6.45, 7) is 5.32. The smallest absolute Gasteiger partial charge is 0.251 e. The minimum Gasteiger partial charge on any atom is -0.494 e. The molecule has 0 spiro atoms. The van der Waals surface area contributed by atoms with Crippen LogP contribution < -0.4 is 15.4 Å². The molecule has 0 aromatic heterocycles. The van der Waals surface area contributed by atoms with Gasteiger partial charge in [0.2, 0.25) is 5.91 Å². The summed E-state index contributed by atoms with van der Waals surface area (Å²) in [6, 6.07) is 5.41. The standard InChI is InChI=1S/C18H26N2O3/c1-3-23-16-12-15(9-8-13(16)2)18(22)20-11-10-19-17(21)14-6-4-5-7-14/h8-9,12,14H,3-7,10-11H2,1-2H3,(H,19,21)(H,20,22). The predicted molar refractivity (Wildman–Crippen MR) is 89.6 cm³/mol. The number of ether oxygens (including phenoxy) is 1. The number of aryl methyl sites for hydroxylation is 1. The van der Waals surface area contributed by atoms with E-state index in [0.717, 1.165) is 37.0 Å². The lowest BCUT2D eigenvalue weighted by Crippen LogP contribution is -2.37. The summed E-state index contributed by atoms with van der Waals surface area (Å²) in [6.07, 6.45) is 4.26. The van der Waals surface area contributed by atoms with Crippen LogP contribution in [0.4, 0.5) is 0 Å². The van der Waals surface area contributed by atoms with Crippen molar-refractivity contribution < 1.29 is 14.3 Å². The zero-order valence-electron chi connectivity index (χ0n) is 14.0. The molecule has 0 atom stereocenters. The first-order chi connectivity index (χ1) is 11.1. The van der Waals surface area contributed by atoms with Crippen LogP contribution in [0.15, 0.2) is 18.2 Å². The molecular weight excluding hydrogens is 292 g/mol. The fourth-order valence-electron chi connectivity index (χ4n) is 2.85. The number of carbonyl (C=O) groups excluding carboxylic acids is 2. The average Bonchev–Trinajstić information content (AvgIpc) is 3.08. The third-order valence-corrected chi connectivity index (χ3v) is 4.19. The molecular formula is C18H26N2O3. The quantitative estimate of drug-likeness (QED) is 0.759. The summed E-state index contributed by atoms with van der Waals surface area (Å²) in [5, 5.41) is 5.72. The highest BCUT2D eigenvalue weighted by Gasteiger charge is 2.21. The van der Waals surface area contributed by atoms with Gasteiger partial charge in [-0.05, 0) is 44.4 Å². The van der Waals surface area contributed by atoms with Crippen molar-refractivity contribution in [1.29, 1.82) is 0 Å². The zero-order chi connectivity index (χ0) is 16.7. The van der Waals surface area contributed by atoms with Crippen molar-refractivity contribution in [3.8, 4) is 5.75 Å². The molecule has 2 rings (SSSR count). The summed E-state index contributed by atoms with van der Waals surface area (Å²) in [7, 11) is 0. The third-order valence-electron chi connectivity index (χ3n) is 4.19. The Morgan fingerprint density at radius 1 is 1.17 bits per heavy atom. The molecule has 126 valence electrons. The van der Waals surface area contributed by atoms with Crippen LogP contribution >= 0.6 is 0 Å². The molecule has 2 amide bonds. The molecule has 1 aliphatic carbocycles. The van der Waals surface area contributed by atoms with E-state index in [0.29, 0.717) is 25.3 Å². The second-order valence-electron chi connectivity index (χ2n) is 5.94. The maximum Gasteiger partial charge on any atom is 0.251 e. The first-order valence-electron chi connectivity index (χ1n) is 8.41. The lowest BCUT2D eigenvalue weighted by molar-refractivity contribution is -0.124. The van der Waals surface area contributed by atoms with E-state index >= 15 is 0 Å². The Balaban J connectivity index is 1.76. The summed E-state index contributed by atoms with van der Waals surface area (Å²) < 4.78 is 5.50. The molecule has 0 saturated heterocycles. The summed E-state index contributed by atoms with van der Waals surface area (Å²) >= 11 is 0. The number of benzene rings is 1. The number of carbonyl (C=O) groups is 2. The largest absolute Gasteiger partial charge is 0.494 e. The molecule has 1 aliphatic rings. The number of hydrogen-bond donors (Lipinski definition) is 2. The van der Waals surface area contributed by atoms with E-state index in [-0.39, 0.29) is 17.7 Å². The Morgan fingerprint density at radius 3 is 2.57 bits per heavy atom. The molecule has 0 aliphatic heterocycles. The van der Waals surface area contributed by atoms with E-state index < -0.39 is 0 Å². The summed E-state index contributed by atoms with van der Waals surface area (Å²) in [5.74, 6) is 0.859. The first kappa shape index (κ1) is 17.3. The summed E-state index contributed by atoms with van der Waals surface area (Å²) in [4.78, 5) is 24.0. The maximum absolute atomic E-state index is 12.1. The predicted octanol–water partition coefficient (Wildman–Crippen LogP) is 2.43. The van der Waals surface area contributed by atoms with Crippen molar-refractivity contribution in [3.63, 3.8) is 0 Å². The van der Waals surface area contributed by atoms with Gasteiger partial charge in [-0.25, -0.2) is 0 Å². The number of nitrogens with one attached hydrogen (secondary N) is 2. The van der Waals surface area contributed by atoms with Crippen molar-refractivity contribution in [2.24, 2.45) is 5.92 Å². The SMILES string of the molecule is CCOc1cc(C(=O)NCCNC(=O)C2CCCC2)ccc1C. The molecule has 5 heteroatoms. The Morgan fingerprint density at radius 2 is 1.87 bits per heavy atom. The van der Waals surface area contributed by atoms with E-state index in [4.69, 9.17) is 4.74 Å². The van der Waals surface area contributed by atoms with Crippen molar-refractivity contribution >= 4 is 11.8 Å². The van der Waals surface area contributed by atoms with Crippen molar-refractivity contribution in [1.82, 2.24) is 10.6 Å². The van der Waals surface area contributed by atoms with Crippen LogP contribution in [0, 0.1) is 12.8 Å². The van der Waals surface area contributed by atoms with Crippen LogP contribution in [0.5, 0.6) is 5.75 Å². The lowest BCUT2D eigenvalue weighted by Gasteiger charge is -2.12. The first-order valence-corrected chi connectivity index (χ1v) is 8.41. The number of hydrogen-bond acceptors (Lipinski definition) is 3. The fourth-order valence-corrected chi connectivity index (χ4v) is 2.85. The minimum absolute atomic E-state index is 0.116. The van der Waals surface area contributed by atoms with Gasteiger partial charge in [-0.2, -0.15) is 0 Å². The van der Waals surface area contributed by atoms with Crippen LogP contribution in [-0.4, -0.2) is 31.5 Å². The van der Waals surface area contributed by atoms with Gasteiger partial charge in [-0.1, -0.05) is 18.9 Å². The molecule has 0 bridgehead atoms. The molecule has 0 unspecified atom stereocenters. The molecule has 23 heavy (non-hydrogen) atoms. The molecule has 1 aromatic carbocycles. The van der Waals surface area contributed by atoms with Gasteiger partial charge in [-0.3, -0.25) is 9.59 Å². The molecule has 1 saturated carbocycles. The average molecular weight is 318 g/mol. The Kier molecular flexibility index (Phi) is 6.44. The number of amides is 2. The molecule has 2 N–H and O–H groups in total. The lowest BCUT2D eigenvalue weighted by atomic mass is 10.1. The monoisotopic (exact) mass is 318 g/mol. The van der Waals surface area contributed by atoms with E-state index in [9.17, 15) is 9.59 Å². The second kappa shape index (κ2) is 8.56. The molecule has 0 heterocycles. The van der Waals surface area contributed by atoms with E-state index in [1.807, 2.05) is 19.9 Å². The molecule has 5 nitrogen and oxygen atoms in total. The third kappa shape index (κ3) is 4.98. The fraction of sp³-hybridized carbons (Fsp3) is 0.556. The van der Waals surface area contributed by atoms with Gasteiger partial charge in [0, 0.05) is 24.6 Å². The van der Waals surface area contributed by atoms with E-state index in [2.05, 4.69) is 10.6 Å². The Hall–Kier alpha value is -2.04. The molecule has 1 fully saturated rings. The van der Waals surface area contributed by atoms with Gasteiger partial charge >= 0.3 is 0 Å². The van der Waals surface area contributed by atoms with Crippen molar-refractivity contribution in [3.05, 3.63) is 29.3 Å². The molecule has 0 radical (unpaired) electrons. The van der Waals surface area contributed by atoms with Gasteiger partial charge in [0.25, 0.3) is 5.91 Å². The van der Waals surface area contributed by atoms with Crippen LogP contribution in [0.25, 0.3) is 0 Å². The van der Waals surface area contributed by atoms with Crippen molar-refractivity contribution in [2.45, 2.75) is 39.5 Å². The van der Waals surface area contributed by atoms with Gasteiger partial charge in [0.1, 0.15) is 5.75 Å². The van der Waals surface area contributed by atoms with Gasteiger partial charge in [0.15, 0.2) is 0 Å². The second-order valence-corrected chi connectivity index (χ2v) is 5.94. The van der Waals surface area contributed by atoms with E-state index in [1.165, 1.54) is 0 Å². The summed E-state index contributed by atoms with van der Waals surface area (Å²) in [5.41, 5.74) is 1.58. The highest BCUT2D eigenvalue weighted by molar-refractivity contribution is 5.94. The van der Waals surface area contributed by atoms with E-state index in [1.54, 1.807) is 12.1 Å².